The van der Waals surface area contributed by atoms with E-state index in [4.69, 9.17) is 0 Å². The van der Waals surface area contributed by atoms with E-state index in [0.717, 1.165) is 17.0 Å². The normalized spacial score (nSPS) is 11.5. The Balaban J connectivity index is 2.13. The fourth-order valence-electron chi connectivity index (χ4n) is 2.49. The van der Waals surface area contributed by atoms with Gasteiger partial charge in [-0.3, -0.25) is 0 Å². The van der Waals surface area contributed by atoms with E-state index in [1.807, 2.05) is 30.5 Å². The van der Waals surface area contributed by atoms with Crippen molar-refractivity contribution in [3.05, 3.63) is 54.1 Å². The Labute approximate surface area is 150 Å². The number of aromatic nitrogens is 1. The minimum atomic E-state index is -4.86. The summed E-state index contributed by atoms with van der Waals surface area (Å²) in [7, 11) is 0. The number of carbonyl (C=O) groups is 1. The number of benzene rings is 2. The number of aromatic carboxylic acids is 1. The van der Waals surface area contributed by atoms with Crippen LogP contribution in [0.4, 0.5) is 13.2 Å². The lowest BCUT2D eigenvalue weighted by atomic mass is 10.0. The first kappa shape index (κ1) is 18.1. The molecule has 8 heteroatoms. The molecular weight excluding hydrogens is 367 g/mol. The third-order valence-corrected chi connectivity index (χ3v) is 4.37. The molecule has 26 heavy (non-hydrogen) atoms. The molecule has 0 saturated heterocycles. The quantitative estimate of drug-likeness (QED) is 0.630. The van der Waals surface area contributed by atoms with E-state index < -0.39 is 18.1 Å². The van der Waals surface area contributed by atoms with Crippen molar-refractivity contribution in [2.75, 3.05) is 6.26 Å². The molecule has 0 spiro atoms. The maximum absolute atomic E-state index is 12.4. The Morgan fingerprint density at radius 3 is 2.38 bits per heavy atom. The van der Waals surface area contributed by atoms with E-state index >= 15 is 0 Å². The molecule has 1 aromatic heterocycles. The molecule has 0 fully saturated rings. The summed E-state index contributed by atoms with van der Waals surface area (Å²) < 4.78 is 41.0. The van der Waals surface area contributed by atoms with Gasteiger partial charge in [-0.1, -0.05) is 12.1 Å². The van der Waals surface area contributed by atoms with Crippen LogP contribution >= 0.6 is 11.8 Å². The molecule has 134 valence electrons. The standard InChI is InChI=1S/C18H12F3NO3S/c1-26-12-5-2-10(3-6-12)16-9-14(17(23)24)13-8-11(25-18(19,20)21)4-7-15(13)22-16/h2-9H,1H3,(H,23,24). The summed E-state index contributed by atoms with van der Waals surface area (Å²) in [5, 5.41) is 9.54. The smallest absolute Gasteiger partial charge is 0.478 e. The predicted octanol–water partition coefficient (Wildman–Crippen LogP) is 5.22. The molecule has 2 aromatic carbocycles. The molecule has 0 bridgehead atoms. The zero-order chi connectivity index (χ0) is 18.9. The SMILES string of the molecule is CSc1ccc(-c2cc(C(=O)O)c3cc(OC(F)(F)F)ccc3n2)cc1. The van der Waals surface area contributed by atoms with Gasteiger partial charge in [0.2, 0.25) is 0 Å². The summed E-state index contributed by atoms with van der Waals surface area (Å²) in [5.74, 6) is -1.75. The molecule has 4 nitrogen and oxygen atoms in total. The first-order valence-electron chi connectivity index (χ1n) is 7.35. The highest BCUT2D eigenvalue weighted by molar-refractivity contribution is 7.98. The average molecular weight is 379 g/mol. The number of carboxylic acids is 1. The number of hydrogen-bond acceptors (Lipinski definition) is 4. The fourth-order valence-corrected chi connectivity index (χ4v) is 2.90. The highest BCUT2D eigenvalue weighted by Crippen LogP contribution is 2.31. The van der Waals surface area contributed by atoms with Crippen molar-refractivity contribution in [1.29, 1.82) is 0 Å². The number of alkyl halides is 3. The maximum Gasteiger partial charge on any atom is 0.573 e. The van der Waals surface area contributed by atoms with Gasteiger partial charge in [0.05, 0.1) is 16.8 Å². The van der Waals surface area contributed by atoms with Gasteiger partial charge < -0.3 is 9.84 Å². The fraction of sp³-hybridized carbons (Fsp3) is 0.111. The molecule has 0 aliphatic carbocycles. The molecule has 0 saturated carbocycles. The van der Waals surface area contributed by atoms with Crippen LogP contribution in [0, 0.1) is 0 Å². The Hall–Kier alpha value is -2.74. The summed E-state index contributed by atoms with van der Waals surface area (Å²) in [5.41, 5.74) is 1.25. The number of hydrogen-bond donors (Lipinski definition) is 1. The molecule has 3 aromatic rings. The van der Waals surface area contributed by atoms with Crippen LogP contribution in [-0.4, -0.2) is 28.7 Å². The van der Waals surface area contributed by atoms with Gasteiger partial charge in [0.25, 0.3) is 0 Å². The molecular formula is C18H12F3NO3S. The Morgan fingerprint density at radius 1 is 1.12 bits per heavy atom. The molecule has 3 rings (SSSR count). The lowest BCUT2D eigenvalue weighted by Gasteiger charge is -2.11. The molecule has 0 aliphatic heterocycles. The van der Waals surface area contributed by atoms with Crippen LogP contribution in [0.1, 0.15) is 10.4 Å². The average Bonchev–Trinajstić information content (AvgIpc) is 2.59. The van der Waals surface area contributed by atoms with Gasteiger partial charge in [0, 0.05) is 15.8 Å². The van der Waals surface area contributed by atoms with E-state index in [1.165, 1.54) is 12.1 Å². The van der Waals surface area contributed by atoms with E-state index in [-0.39, 0.29) is 16.5 Å². The number of fused-ring (bicyclic) bond motifs is 1. The van der Waals surface area contributed by atoms with Crippen LogP contribution < -0.4 is 4.74 Å². The largest absolute Gasteiger partial charge is 0.573 e. The number of rotatable bonds is 4. The molecule has 1 N–H and O–H groups in total. The summed E-state index contributed by atoms with van der Waals surface area (Å²) in [4.78, 5) is 17.0. The van der Waals surface area contributed by atoms with Crippen LogP contribution in [-0.2, 0) is 0 Å². The first-order chi connectivity index (χ1) is 12.3. The van der Waals surface area contributed by atoms with Gasteiger partial charge in [-0.15, -0.1) is 24.9 Å². The molecule has 0 atom stereocenters. The van der Waals surface area contributed by atoms with Gasteiger partial charge in [0.1, 0.15) is 5.75 Å². The van der Waals surface area contributed by atoms with Crippen LogP contribution in [0.3, 0.4) is 0 Å². The van der Waals surface area contributed by atoms with Crippen LogP contribution in [0.25, 0.3) is 22.2 Å². The van der Waals surface area contributed by atoms with E-state index in [2.05, 4.69) is 9.72 Å². The highest BCUT2D eigenvalue weighted by atomic mass is 32.2. The molecule has 1 heterocycles. The second-order valence-electron chi connectivity index (χ2n) is 5.32. The molecule has 0 amide bonds. The number of thioether (sulfide) groups is 1. The van der Waals surface area contributed by atoms with Gasteiger partial charge in [-0.25, -0.2) is 9.78 Å². The maximum atomic E-state index is 12.4. The van der Waals surface area contributed by atoms with Crippen molar-refractivity contribution in [3.8, 4) is 17.0 Å². The summed E-state index contributed by atoms with van der Waals surface area (Å²) in [6, 6.07) is 12.2. The third-order valence-electron chi connectivity index (χ3n) is 3.63. The van der Waals surface area contributed by atoms with Crippen molar-refractivity contribution >= 4 is 28.6 Å². The minimum absolute atomic E-state index is 0.0729. The summed E-state index contributed by atoms with van der Waals surface area (Å²) in [6.45, 7) is 0. The Kier molecular flexibility index (Phi) is 4.78. The Morgan fingerprint density at radius 2 is 1.81 bits per heavy atom. The van der Waals surface area contributed by atoms with Crippen LogP contribution in [0.15, 0.2) is 53.4 Å². The van der Waals surface area contributed by atoms with Crippen molar-refractivity contribution in [1.82, 2.24) is 4.98 Å². The second kappa shape index (κ2) is 6.87. The van der Waals surface area contributed by atoms with Crippen molar-refractivity contribution < 1.29 is 27.8 Å². The molecule has 0 aliphatic rings. The molecule has 0 unspecified atom stereocenters. The predicted molar refractivity (Wildman–Crippen MR) is 92.6 cm³/mol. The van der Waals surface area contributed by atoms with Gasteiger partial charge in [-0.2, -0.15) is 0 Å². The van der Waals surface area contributed by atoms with Gasteiger partial charge >= 0.3 is 12.3 Å². The van der Waals surface area contributed by atoms with Crippen LogP contribution in [0.5, 0.6) is 5.75 Å². The zero-order valence-electron chi connectivity index (χ0n) is 13.4. The second-order valence-corrected chi connectivity index (χ2v) is 6.20. The number of pyridine rings is 1. The summed E-state index contributed by atoms with van der Waals surface area (Å²) >= 11 is 1.57. The number of nitrogens with zero attached hydrogens (tertiary/aromatic N) is 1. The first-order valence-corrected chi connectivity index (χ1v) is 8.57. The lowest BCUT2D eigenvalue weighted by molar-refractivity contribution is -0.274. The lowest BCUT2D eigenvalue weighted by Crippen LogP contribution is -2.17. The third kappa shape index (κ3) is 3.91. The van der Waals surface area contributed by atoms with E-state index in [1.54, 1.807) is 11.8 Å². The van der Waals surface area contributed by atoms with E-state index in [9.17, 15) is 23.1 Å². The van der Waals surface area contributed by atoms with Gasteiger partial charge in [0.15, 0.2) is 0 Å². The van der Waals surface area contributed by atoms with Crippen molar-refractivity contribution in [2.24, 2.45) is 0 Å². The monoisotopic (exact) mass is 379 g/mol. The summed E-state index contributed by atoms with van der Waals surface area (Å²) in [6.07, 6.45) is -2.92. The Bertz CT molecular complexity index is 972. The number of ether oxygens (including phenoxy) is 1. The number of halogens is 3. The van der Waals surface area contributed by atoms with Crippen LogP contribution in [0.2, 0.25) is 0 Å². The topological polar surface area (TPSA) is 59.4 Å². The minimum Gasteiger partial charge on any atom is -0.478 e. The van der Waals surface area contributed by atoms with E-state index in [0.29, 0.717) is 11.3 Å². The van der Waals surface area contributed by atoms with Gasteiger partial charge in [-0.05, 0) is 42.7 Å². The van der Waals surface area contributed by atoms with Crippen molar-refractivity contribution in [3.63, 3.8) is 0 Å². The molecule has 0 radical (unpaired) electrons. The van der Waals surface area contributed by atoms with Crippen molar-refractivity contribution in [2.45, 2.75) is 11.3 Å². The highest BCUT2D eigenvalue weighted by Gasteiger charge is 2.31. The zero-order valence-corrected chi connectivity index (χ0v) is 14.2. The number of carboxylic acid groups (broad SMARTS) is 1.